The summed E-state index contributed by atoms with van der Waals surface area (Å²) in [4.78, 5) is 15.2. The van der Waals surface area contributed by atoms with Crippen molar-refractivity contribution in [3.8, 4) is 28.5 Å². The van der Waals surface area contributed by atoms with Crippen LogP contribution in [0.1, 0.15) is 33.2 Å². The van der Waals surface area contributed by atoms with Crippen molar-refractivity contribution in [3.05, 3.63) is 95.2 Å². The van der Waals surface area contributed by atoms with Gasteiger partial charge in [0.25, 0.3) is 5.91 Å². The number of methoxy groups -OCH3 is 1. The Hall–Kier alpha value is -4.26. The van der Waals surface area contributed by atoms with E-state index in [1.54, 1.807) is 48.4 Å². The zero-order chi connectivity index (χ0) is 22.9. The Morgan fingerprint density at radius 1 is 1.03 bits per heavy atom. The number of para-hydroxylation sites is 1. The third-order valence-electron chi connectivity index (χ3n) is 6.01. The monoisotopic (exact) mass is 441 g/mol. The second-order valence-electron chi connectivity index (χ2n) is 7.97. The molecule has 0 fully saturated rings. The second-order valence-corrected chi connectivity index (χ2v) is 7.97. The summed E-state index contributed by atoms with van der Waals surface area (Å²) in [5.41, 5.74) is 4.02. The summed E-state index contributed by atoms with van der Waals surface area (Å²) in [6, 6.07) is 21.1. The number of carbonyl (C=O) groups excluding carboxylic acids is 1. The fourth-order valence-corrected chi connectivity index (χ4v) is 4.39. The van der Waals surface area contributed by atoms with Crippen molar-refractivity contribution in [2.75, 3.05) is 13.7 Å². The molecule has 1 aliphatic heterocycles. The van der Waals surface area contributed by atoms with Gasteiger partial charge in [0.05, 0.1) is 13.2 Å². The Morgan fingerprint density at radius 3 is 2.55 bits per heavy atom. The molecule has 7 nitrogen and oxygen atoms in total. The van der Waals surface area contributed by atoms with Gasteiger partial charge in [-0.2, -0.15) is 5.10 Å². The molecule has 3 N–H and O–H groups in total. The van der Waals surface area contributed by atoms with Crippen molar-refractivity contribution >= 4 is 5.91 Å². The molecule has 0 spiro atoms. The van der Waals surface area contributed by atoms with Crippen LogP contribution in [-0.2, 0) is 6.42 Å². The Labute approximate surface area is 190 Å². The number of aromatic nitrogens is 2. The van der Waals surface area contributed by atoms with Crippen LogP contribution in [0.5, 0.6) is 17.2 Å². The van der Waals surface area contributed by atoms with Gasteiger partial charge in [0.2, 0.25) is 0 Å². The van der Waals surface area contributed by atoms with E-state index in [1.165, 1.54) is 0 Å². The summed E-state index contributed by atoms with van der Waals surface area (Å²) in [6.07, 6.45) is 0.647. The molecule has 2 heterocycles. The van der Waals surface area contributed by atoms with Crippen LogP contribution in [0.3, 0.4) is 0 Å². The molecule has 7 heteroatoms. The Balaban J connectivity index is 1.55. The van der Waals surface area contributed by atoms with Gasteiger partial charge >= 0.3 is 0 Å². The highest BCUT2D eigenvalue weighted by atomic mass is 16.5. The maximum absolute atomic E-state index is 13.4. The van der Waals surface area contributed by atoms with Gasteiger partial charge in [-0.1, -0.05) is 36.4 Å². The van der Waals surface area contributed by atoms with Crippen LogP contribution >= 0.6 is 0 Å². The van der Waals surface area contributed by atoms with Crippen LogP contribution in [0.25, 0.3) is 11.3 Å². The number of aromatic hydroxyl groups is 2. The molecule has 1 amide bonds. The number of phenolic OH excluding ortho intramolecular Hbond substituents is 2. The second kappa shape index (κ2) is 8.35. The lowest BCUT2D eigenvalue weighted by molar-refractivity contribution is 0.0745. The number of amides is 1. The van der Waals surface area contributed by atoms with Gasteiger partial charge in [-0.25, -0.2) is 0 Å². The minimum atomic E-state index is -0.453. The molecule has 33 heavy (non-hydrogen) atoms. The van der Waals surface area contributed by atoms with Crippen molar-refractivity contribution < 1.29 is 19.7 Å². The number of benzene rings is 3. The minimum Gasteiger partial charge on any atom is -0.508 e. The van der Waals surface area contributed by atoms with E-state index in [1.807, 2.05) is 36.4 Å². The Kier molecular flexibility index (Phi) is 5.22. The highest BCUT2D eigenvalue weighted by Crippen LogP contribution is 2.44. The largest absolute Gasteiger partial charge is 0.508 e. The lowest BCUT2D eigenvalue weighted by Gasteiger charge is -2.26. The van der Waals surface area contributed by atoms with E-state index in [9.17, 15) is 15.0 Å². The lowest BCUT2D eigenvalue weighted by Crippen LogP contribution is -2.31. The molecule has 0 aliphatic carbocycles. The van der Waals surface area contributed by atoms with E-state index in [0.29, 0.717) is 35.5 Å². The van der Waals surface area contributed by atoms with E-state index in [4.69, 9.17) is 4.74 Å². The molecule has 0 radical (unpaired) electrons. The molecule has 1 aromatic heterocycles. The lowest BCUT2D eigenvalue weighted by atomic mass is 9.95. The molecule has 5 rings (SSSR count). The molecular formula is C26H23N3O4. The molecular weight excluding hydrogens is 418 g/mol. The van der Waals surface area contributed by atoms with Crippen LogP contribution in [0.2, 0.25) is 0 Å². The summed E-state index contributed by atoms with van der Waals surface area (Å²) in [6.45, 7) is 0.466. The van der Waals surface area contributed by atoms with Gasteiger partial charge in [-0.3, -0.25) is 9.89 Å². The first-order valence-electron chi connectivity index (χ1n) is 10.7. The fraction of sp³-hybridized carbons (Fsp3) is 0.154. The van der Waals surface area contributed by atoms with Gasteiger partial charge in [-0.15, -0.1) is 0 Å². The predicted octanol–water partition coefficient (Wildman–Crippen LogP) is 4.28. The Bertz CT molecular complexity index is 1310. The molecule has 4 aromatic rings. The van der Waals surface area contributed by atoms with Crippen LogP contribution in [0.15, 0.2) is 72.8 Å². The summed E-state index contributed by atoms with van der Waals surface area (Å²) in [5, 5.41) is 27.8. The van der Waals surface area contributed by atoms with Crippen LogP contribution in [0, 0.1) is 0 Å². The third kappa shape index (κ3) is 3.67. The van der Waals surface area contributed by atoms with Crippen molar-refractivity contribution in [3.63, 3.8) is 0 Å². The van der Waals surface area contributed by atoms with Crippen molar-refractivity contribution in [2.45, 2.75) is 12.5 Å². The number of hydrogen-bond donors (Lipinski definition) is 3. The molecule has 0 bridgehead atoms. The number of nitrogens with zero attached hydrogens (tertiary/aromatic N) is 2. The van der Waals surface area contributed by atoms with Crippen molar-refractivity contribution in [1.82, 2.24) is 15.1 Å². The van der Waals surface area contributed by atoms with E-state index in [2.05, 4.69) is 10.2 Å². The van der Waals surface area contributed by atoms with Crippen molar-refractivity contribution in [1.29, 1.82) is 0 Å². The maximum Gasteiger partial charge on any atom is 0.273 e. The average Bonchev–Trinajstić information content (AvgIpc) is 3.37. The van der Waals surface area contributed by atoms with Gasteiger partial charge in [0, 0.05) is 17.7 Å². The van der Waals surface area contributed by atoms with E-state index in [-0.39, 0.29) is 17.4 Å². The minimum absolute atomic E-state index is 0.0885. The van der Waals surface area contributed by atoms with Gasteiger partial charge in [-0.05, 0) is 53.9 Å². The first kappa shape index (κ1) is 20.6. The highest BCUT2D eigenvalue weighted by Gasteiger charge is 2.42. The normalized spacial score (nSPS) is 15.0. The topological polar surface area (TPSA) is 98.7 Å². The number of ether oxygens (including phenoxy) is 1. The number of aromatic amines is 1. The molecule has 0 unspecified atom stereocenters. The molecule has 3 aromatic carbocycles. The zero-order valence-corrected chi connectivity index (χ0v) is 18.0. The number of hydrogen-bond acceptors (Lipinski definition) is 5. The van der Waals surface area contributed by atoms with Crippen LogP contribution in [0.4, 0.5) is 0 Å². The fourth-order valence-electron chi connectivity index (χ4n) is 4.39. The molecule has 166 valence electrons. The van der Waals surface area contributed by atoms with E-state index >= 15 is 0 Å². The first-order valence-corrected chi connectivity index (χ1v) is 10.7. The van der Waals surface area contributed by atoms with Gasteiger partial charge in [0.15, 0.2) is 0 Å². The zero-order valence-electron chi connectivity index (χ0n) is 18.0. The number of rotatable bonds is 6. The van der Waals surface area contributed by atoms with Gasteiger partial charge in [0.1, 0.15) is 28.6 Å². The average molecular weight is 441 g/mol. The number of nitrogens with one attached hydrogen (secondary N) is 1. The quantitative estimate of drug-likeness (QED) is 0.415. The third-order valence-corrected chi connectivity index (χ3v) is 6.01. The summed E-state index contributed by atoms with van der Waals surface area (Å²) < 4.78 is 5.23. The summed E-state index contributed by atoms with van der Waals surface area (Å²) >= 11 is 0. The summed E-state index contributed by atoms with van der Waals surface area (Å²) in [7, 11) is 1.63. The molecule has 0 saturated heterocycles. The van der Waals surface area contributed by atoms with Crippen molar-refractivity contribution in [2.24, 2.45) is 0 Å². The summed E-state index contributed by atoms with van der Waals surface area (Å²) in [5.74, 6) is 0.824. The Morgan fingerprint density at radius 2 is 1.82 bits per heavy atom. The predicted molar refractivity (Wildman–Crippen MR) is 123 cm³/mol. The number of H-pyrrole nitrogens is 1. The van der Waals surface area contributed by atoms with Crippen LogP contribution in [-0.4, -0.2) is 44.9 Å². The highest BCUT2D eigenvalue weighted by molar-refractivity contribution is 6.00. The number of carbonyl (C=O) groups is 1. The van der Waals surface area contributed by atoms with E-state index in [0.717, 1.165) is 16.9 Å². The standard InChI is InChI=1S/C26H23N3O4/c1-33-19-11-9-16(10-12-19)13-14-29-25(17-5-4-6-18(30)15-17)22-23(27-28-24(22)26(29)32)20-7-2-3-8-21(20)31/h2-12,15,25,30-31H,13-14H2,1H3,(H,27,28)/t25-/m1/s1. The molecule has 1 aliphatic rings. The molecule has 1 atom stereocenters. The number of phenols is 2. The smallest absolute Gasteiger partial charge is 0.273 e. The van der Waals surface area contributed by atoms with Crippen LogP contribution < -0.4 is 4.74 Å². The first-order chi connectivity index (χ1) is 16.1. The van der Waals surface area contributed by atoms with E-state index < -0.39 is 6.04 Å². The number of fused-ring (bicyclic) bond motifs is 1. The van der Waals surface area contributed by atoms with Gasteiger partial charge < -0.3 is 19.8 Å². The molecule has 0 saturated carbocycles. The maximum atomic E-state index is 13.4. The SMILES string of the molecule is COc1ccc(CCN2C(=O)c3[nH]nc(-c4ccccc4O)c3[C@H]2c2cccc(O)c2)cc1.